The van der Waals surface area contributed by atoms with E-state index in [1.807, 2.05) is 35.2 Å². The number of benzene rings is 2. The molecule has 0 bridgehead atoms. The minimum absolute atomic E-state index is 0.0333. The highest BCUT2D eigenvalue weighted by atomic mass is 35.5. The summed E-state index contributed by atoms with van der Waals surface area (Å²) in [6.45, 7) is 3.34. The number of fused-ring (bicyclic) bond motifs is 3. The van der Waals surface area contributed by atoms with Crippen molar-refractivity contribution in [3.63, 3.8) is 0 Å². The van der Waals surface area contributed by atoms with Crippen LogP contribution in [0.15, 0.2) is 48.5 Å². The van der Waals surface area contributed by atoms with Gasteiger partial charge in [-0.3, -0.25) is 9.59 Å². The lowest BCUT2D eigenvalue weighted by molar-refractivity contribution is -0.136. The van der Waals surface area contributed by atoms with Crippen LogP contribution in [0.4, 0.5) is 5.69 Å². The lowest BCUT2D eigenvalue weighted by Gasteiger charge is -2.29. The number of halogens is 1. The first-order valence-corrected chi connectivity index (χ1v) is 11.1. The number of carbonyl (C=O) groups excluding carboxylic acids is 2. The minimum Gasteiger partial charge on any atom is -0.366 e. The predicted octanol–water partition coefficient (Wildman–Crippen LogP) is 3.70. The zero-order valence-electron chi connectivity index (χ0n) is 17.0. The maximum Gasteiger partial charge on any atom is 0.228 e. The van der Waals surface area contributed by atoms with Crippen molar-refractivity contribution in [1.82, 2.24) is 9.80 Å². The van der Waals surface area contributed by atoms with E-state index in [-0.39, 0.29) is 24.2 Å². The lowest BCUT2D eigenvalue weighted by atomic mass is 10.1. The highest BCUT2D eigenvalue weighted by molar-refractivity contribution is 6.31. The van der Waals surface area contributed by atoms with Crippen LogP contribution < -0.4 is 4.90 Å². The fourth-order valence-corrected chi connectivity index (χ4v) is 5.34. The number of amides is 2. The second-order valence-corrected chi connectivity index (χ2v) is 9.01. The van der Waals surface area contributed by atoms with Gasteiger partial charge in [-0.05, 0) is 36.1 Å². The molecule has 5 rings (SSSR count). The molecule has 0 N–H and O–H groups in total. The van der Waals surface area contributed by atoms with Gasteiger partial charge < -0.3 is 14.7 Å². The predicted molar refractivity (Wildman–Crippen MR) is 117 cm³/mol. The molecule has 3 aliphatic rings. The van der Waals surface area contributed by atoms with Gasteiger partial charge in [-0.25, -0.2) is 0 Å². The van der Waals surface area contributed by atoms with Crippen molar-refractivity contribution in [2.45, 2.75) is 38.4 Å². The van der Waals surface area contributed by atoms with E-state index < -0.39 is 0 Å². The average Bonchev–Trinajstić information content (AvgIpc) is 3.32. The Morgan fingerprint density at radius 3 is 2.73 bits per heavy atom. The number of likely N-dealkylation sites (tertiary alicyclic amines) is 1. The van der Waals surface area contributed by atoms with Gasteiger partial charge in [0, 0.05) is 55.9 Å². The fraction of sp³-hybridized carbons (Fsp3) is 0.417. The number of anilines is 1. The summed E-state index contributed by atoms with van der Waals surface area (Å²) in [5.74, 6) is -0.139. The molecule has 5 nitrogen and oxygen atoms in total. The van der Waals surface area contributed by atoms with Gasteiger partial charge in [-0.15, -0.1) is 0 Å². The number of nitrogens with zero attached hydrogens (tertiary/aromatic N) is 3. The van der Waals surface area contributed by atoms with E-state index in [0.717, 1.165) is 31.5 Å². The standard InChI is InChI=1S/C24H26ClN3O2/c25-21-9-3-1-6-17(21)13-26-15-19(12-23(26)29)24(30)27-14-18-7-2-4-10-22(18)28-11-5-8-20(28)16-27/h1-4,6-7,9-10,19-20H,5,8,11-16H2/t19?,20-/m1/s1. The number of carbonyl (C=O) groups is 2. The molecule has 2 atom stereocenters. The van der Waals surface area contributed by atoms with E-state index in [2.05, 4.69) is 23.1 Å². The molecule has 2 aromatic carbocycles. The molecule has 2 aromatic rings. The Balaban J connectivity index is 1.32. The van der Waals surface area contributed by atoms with Crippen LogP contribution in [0.25, 0.3) is 0 Å². The van der Waals surface area contributed by atoms with E-state index in [0.29, 0.717) is 30.7 Å². The highest BCUT2D eigenvalue weighted by Crippen LogP contribution is 2.34. The van der Waals surface area contributed by atoms with Gasteiger partial charge in [-0.1, -0.05) is 48.0 Å². The summed E-state index contributed by atoms with van der Waals surface area (Å²) in [5, 5.41) is 0.658. The summed E-state index contributed by atoms with van der Waals surface area (Å²) in [6, 6.07) is 16.4. The smallest absolute Gasteiger partial charge is 0.228 e. The fourth-order valence-electron chi connectivity index (χ4n) is 5.14. The Morgan fingerprint density at radius 2 is 1.87 bits per heavy atom. The molecule has 0 radical (unpaired) electrons. The number of hydrogen-bond acceptors (Lipinski definition) is 3. The highest BCUT2D eigenvalue weighted by Gasteiger charge is 2.39. The van der Waals surface area contributed by atoms with Crippen molar-refractivity contribution >= 4 is 29.1 Å². The number of para-hydroxylation sites is 1. The van der Waals surface area contributed by atoms with Crippen molar-refractivity contribution < 1.29 is 9.59 Å². The maximum absolute atomic E-state index is 13.5. The van der Waals surface area contributed by atoms with Crippen LogP contribution >= 0.6 is 11.6 Å². The van der Waals surface area contributed by atoms with Crippen molar-refractivity contribution in [1.29, 1.82) is 0 Å². The first-order chi connectivity index (χ1) is 14.6. The summed E-state index contributed by atoms with van der Waals surface area (Å²) in [4.78, 5) is 32.3. The van der Waals surface area contributed by atoms with Crippen LogP contribution in [-0.4, -0.2) is 47.3 Å². The second kappa shape index (κ2) is 7.95. The maximum atomic E-state index is 13.5. The largest absolute Gasteiger partial charge is 0.366 e. The van der Waals surface area contributed by atoms with E-state index >= 15 is 0 Å². The minimum atomic E-state index is -0.278. The van der Waals surface area contributed by atoms with Crippen molar-refractivity contribution in [3.05, 3.63) is 64.7 Å². The molecule has 0 aliphatic carbocycles. The molecule has 156 valence electrons. The monoisotopic (exact) mass is 423 g/mol. The Kier molecular flexibility index (Phi) is 5.15. The quantitative estimate of drug-likeness (QED) is 0.756. The average molecular weight is 424 g/mol. The molecule has 6 heteroatoms. The van der Waals surface area contributed by atoms with Crippen LogP contribution in [0, 0.1) is 5.92 Å². The molecule has 0 spiro atoms. The van der Waals surface area contributed by atoms with Crippen molar-refractivity contribution in [3.8, 4) is 0 Å². The van der Waals surface area contributed by atoms with Gasteiger partial charge in [0.15, 0.2) is 0 Å². The third-order valence-corrected chi connectivity index (χ3v) is 7.03. The van der Waals surface area contributed by atoms with Gasteiger partial charge in [0.1, 0.15) is 0 Å². The van der Waals surface area contributed by atoms with E-state index in [4.69, 9.17) is 11.6 Å². The Morgan fingerprint density at radius 1 is 1.07 bits per heavy atom. The molecule has 1 unspecified atom stereocenters. The first-order valence-electron chi connectivity index (χ1n) is 10.7. The van der Waals surface area contributed by atoms with Crippen LogP contribution in [0.2, 0.25) is 5.02 Å². The second-order valence-electron chi connectivity index (χ2n) is 8.60. The molecule has 0 saturated carbocycles. The number of hydrogen-bond donors (Lipinski definition) is 0. The normalized spacial score (nSPS) is 23.4. The Hall–Kier alpha value is -2.53. The third kappa shape index (κ3) is 3.56. The van der Waals surface area contributed by atoms with Crippen LogP contribution in [0.5, 0.6) is 0 Å². The van der Waals surface area contributed by atoms with Crippen LogP contribution in [-0.2, 0) is 22.7 Å². The van der Waals surface area contributed by atoms with Crippen molar-refractivity contribution in [2.75, 3.05) is 24.5 Å². The molecule has 2 amide bonds. The van der Waals surface area contributed by atoms with Crippen LogP contribution in [0.1, 0.15) is 30.4 Å². The summed E-state index contributed by atoms with van der Waals surface area (Å²) in [5.41, 5.74) is 3.39. The van der Waals surface area contributed by atoms with E-state index in [9.17, 15) is 9.59 Å². The topological polar surface area (TPSA) is 43.9 Å². The molecule has 30 heavy (non-hydrogen) atoms. The first kappa shape index (κ1) is 19.4. The summed E-state index contributed by atoms with van der Waals surface area (Å²) in [7, 11) is 0. The van der Waals surface area contributed by atoms with Gasteiger partial charge in [0.25, 0.3) is 0 Å². The molecule has 3 aliphatic heterocycles. The molecule has 2 saturated heterocycles. The summed E-state index contributed by atoms with van der Waals surface area (Å²) in [6.07, 6.45) is 2.56. The third-order valence-electron chi connectivity index (χ3n) is 6.66. The zero-order valence-corrected chi connectivity index (χ0v) is 17.7. The molecule has 3 heterocycles. The molecule has 2 fully saturated rings. The molecule has 0 aromatic heterocycles. The van der Waals surface area contributed by atoms with Gasteiger partial charge in [-0.2, -0.15) is 0 Å². The molecular weight excluding hydrogens is 398 g/mol. The van der Waals surface area contributed by atoms with E-state index in [1.54, 1.807) is 4.90 Å². The van der Waals surface area contributed by atoms with Crippen LogP contribution in [0.3, 0.4) is 0 Å². The number of rotatable bonds is 3. The zero-order chi connectivity index (χ0) is 20.7. The van der Waals surface area contributed by atoms with Gasteiger partial charge in [0.05, 0.1) is 5.92 Å². The lowest BCUT2D eigenvalue weighted by Crippen LogP contribution is -2.43. The summed E-state index contributed by atoms with van der Waals surface area (Å²) < 4.78 is 0. The molecular formula is C24H26ClN3O2. The van der Waals surface area contributed by atoms with Gasteiger partial charge >= 0.3 is 0 Å². The van der Waals surface area contributed by atoms with E-state index in [1.165, 1.54) is 11.3 Å². The Labute approximate surface area is 182 Å². The van der Waals surface area contributed by atoms with Crippen molar-refractivity contribution in [2.24, 2.45) is 5.92 Å². The Bertz CT molecular complexity index is 978. The summed E-state index contributed by atoms with van der Waals surface area (Å²) >= 11 is 6.27. The van der Waals surface area contributed by atoms with Gasteiger partial charge in [0.2, 0.25) is 11.8 Å². The SMILES string of the molecule is O=C1CC(C(=O)N2Cc3ccccc3N3CCC[C@@H]3C2)CN1Cc1ccccc1Cl.